The number of aryl methyl sites for hydroxylation is 2. The monoisotopic (exact) mass is 782 g/mol. The van der Waals surface area contributed by atoms with Crippen LogP contribution in [0.2, 0.25) is 0 Å². The zero-order valence-corrected chi connectivity index (χ0v) is 34.7. The van der Waals surface area contributed by atoms with E-state index in [-0.39, 0.29) is 80.3 Å². The first-order chi connectivity index (χ1) is 27.4. The van der Waals surface area contributed by atoms with E-state index in [4.69, 9.17) is 0 Å². The van der Waals surface area contributed by atoms with Gasteiger partial charge in [-0.05, 0) is 152 Å². The van der Waals surface area contributed by atoms with Gasteiger partial charge in [-0.2, -0.15) is 0 Å². The number of allylic oxidation sites excluding steroid dienone is 8. The molecule has 0 radical (unpaired) electrons. The van der Waals surface area contributed by atoms with Crippen LogP contribution in [0.3, 0.4) is 0 Å². The first kappa shape index (κ1) is 41.6. The number of ketones is 2. The number of hydrogen-bond acceptors (Lipinski definition) is 8. The van der Waals surface area contributed by atoms with Crippen molar-refractivity contribution < 1.29 is 40.2 Å². The summed E-state index contributed by atoms with van der Waals surface area (Å²) in [5, 5.41) is 70.2. The summed E-state index contributed by atoms with van der Waals surface area (Å²) in [6.07, 6.45) is 11.6. The maximum atomic E-state index is 14.5. The molecular weight excluding hydrogens is 729 g/mol. The lowest BCUT2D eigenvalue weighted by Gasteiger charge is -2.39. The molecule has 0 aliphatic heterocycles. The summed E-state index contributed by atoms with van der Waals surface area (Å²) < 4.78 is 0. The number of fused-ring (bicyclic) bond motifs is 4. The lowest BCUT2D eigenvalue weighted by atomic mass is 9.63. The summed E-state index contributed by atoms with van der Waals surface area (Å²) in [5.74, 6) is -5.11. The van der Waals surface area contributed by atoms with Crippen LogP contribution < -0.4 is 0 Å². The number of phenols is 6. The standard InChI is InChI=1S/C50H54O8/c1-25(2)11-9-13-27(5)15-17-31-37(51)23-35-41(33-19-29(7)21-39(53)43(33)49(57)45(35)47(31)55)42-34-20-30(8)22-40(54)44(34)50(58)46-36(42)24-38(52)32(48(46)56)18-16-28(6)14-10-12-26(3)4/h11-12,15-16,19-24,41-42,51-56H,9-10,13-14,17-18H2,1-8H3/b27-15+,28-16+. The van der Waals surface area contributed by atoms with Gasteiger partial charge in [-0.3, -0.25) is 9.59 Å². The van der Waals surface area contributed by atoms with Gasteiger partial charge in [-0.1, -0.05) is 58.7 Å². The van der Waals surface area contributed by atoms with Gasteiger partial charge in [-0.15, -0.1) is 0 Å². The molecule has 6 N–H and O–H groups in total. The van der Waals surface area contributed by atoms with Crippen LogP contribution in [-0.2, 0) is 12.8 Å². The molecule has 0 fully saturated rings. The summed E-state index contributed by atoms with van der Waals surface area (Å²) in [4.78, 5) is 29.0. The predicted octanol–water partition coefficient (Wildman–Crippen LogP) is 11.1. The third-order valence-corrected chi connectivity index (χ3v) is 11.5. The molecule has 0 aromatic heterocycles. The maximum Gasteiger partial charge on any atom is 0.201 e. The molecule has 4 aromatic carbocycles. The molecular formula is C50H54O8. The molecule has 0 saturated heterocycles. The fraction of sp³-hybridized carbons (Fsp3) is 0.320. The van der Waals surface area contributed by atoms with E-state index in [1.54, 1.807) is 26.0 Å². The number of hydrogen-bond donors (Lipinski definition) is 6. The molecule has 2 aliphatic rings. The highest BCUT2D eigenvalue weighted by molar-refractivity contribution is 6.18. The number of aromatic hydroxyl groups is 6. The van der Waals surface area contributed by atoms with Gasteiger partial charge in [-0.25, -0.2) is 0 Å². The highest BCUT2D eigenvalue weighted by Crippen LogP contribution is 2.58. The van der Waals surface area contributed by atoms with Crippen LogP contribution in [-0.4, -0.2) is 42.2 Å². The molecule has 8 heteroatoms. The van der Waals surface area contributed by atoms with E-state index >= 15 is 0 Å². The minimum atomic E-state index is -0.964. The molecule has 302 valence electrons. The Labute approximate surface area is 340 Å². The van der Waals surface area contributed by atoms with Gasteiger partial charge >= 0.3 is 0 Å². The van der Waals surface area contributed by atoms with Gasteiger partial charge in [0.05, 0.1) is 22.3 Å². The Hall–Kier alpha value is -6.02. The normalized spacial score (nSPS) is 16.0. The number of rotatable bonds is 11. The van der Waals surface area contributed by atoms with E-state index < -0.39 is 34.9 Å². The van der Waals surface area contributed by atoms with Crippen molar-refractivity contribution >= 4 is 11.6 Å². The minimum Gasteiger partial charge on any atom is -0.508 e. The van der Waals surface area contributed by atoms with Gasteiger partial charge in [0.2, 0.25) is 11.6 Å². The van der Waals surface area contributed by atoms with Gasteiger partial charge < -0.3 is 30.6 Å². The molecule has 6 rings (SSSR count). The lowest BCUT2D eigenvalue weighted by molar-refractivity contribution is 0.101. The van der Waals surface area contributed by atoms with Crippen LogP contribution in [0.25, 0.3) is 0 Å². The van der Waals surface area contributed by atoms with Gasteiger partial charge in [0.25, 0.3) is 0 Å². The van der Waals surface area contributed by atoms with Crippen LogP contribution in [0.1, 0.15) is 155 Å². The van der Waals surface area contributed by atoms with Crippen molar-refractivity contribution in [1.29, 1.82) is 0 Å². The molecule has 8 nitrogen and oxygen atoms in total. The van der Waals surface area contributed by atoms with Crippen molar-refractivity contribution in [2.24, 2.45) is 0 Å². The van der Waals surface area contributed by atoms with Crippen LogP contribution in [0.5, 0.6) is 34.5 Å². The molecule has 0 amide bonds. The average molecular weight is 783 g/mol. The number of carbonyl (C=O) groups is 2. The molecule has 2 aliphatic carbocycles. The molecule has 58 heavy (non-hydrogen) atoms. The van der Waals surface area contributed by atoms with Crippen LogP contribution in [0, 0.1) is 13.8 Å². The van der Waals surface area contributed by atoms with Crippen LogP contribution in [0.4, 0.5) is 0 Å². The Morgan fingerprint density at radius 3 is 1.17 bits per heavy atom. The molecule has 4 aromatic rings. The number of phenolic OH excluding ortho intramolecular Hbond substituents is 6. The zero-order valence-electron chi connectivity index (χ0n) is 34.7. The first-order valence-corrected chi connectivity index (χ1v) is 19.9. The first-order valence-electron chi connectivity index (χ1n) is 19.9. The van der Waals surface area contributed by atoms with Crippen molar-refractivity contribution in [3.05, 3.63) is 150 Å². The summed E-state index contributed by atoms with van der Waals surface area (Å²) >= 11 is 0. The zero-order chi connectivity index (χ0) is 42.3. The molecule has 0 heterocycles. The number of benzene rings is 4. The van der Waals surface area contributed by atoms with Crippen LogP contribution in [0.15, 0.2) is 83.0 Å². The van der Waals surface area contributed by atoms with Gasteiger partial charge in [0.15, 0.2) is 0 Å². The second-order valence-electron chi connectivity index (χ2n) is 16.6. The molecule has 0 spiro atoms. The summed E-state index contributed by atoms with van der Waals surface area (Å²) in [6.45, 7) is 15.6. The van der Waals surface area contributed by atoms with E-state index in [2.05, 4.69) is 12.2 Å². The van der Waals surface area contributed by atoms with Crippen molar-refractivity contribution in [3.8, 4) is 34.5 Å². The highest BCUT2D eigenvalue weighted by atomic mass is 16.3. The predicted molar refractivity (Wildman–Crippen MR) is 228 cm³/mol. The second-order valence-corrected chi connectivity index (χ2v) is 16.6. The fourth-order valence-corrected chi connectivity index (χ4v) is 8.61. The topological polar surface area (TPSA) is 156 Å². The van der Waals surface area contributed by atoms with Crippen molar-refractivity contribution in [3.63, 3.8) is 0 Å². The van der Waals surface area contributed by atoms with E-state index in [0.29, 0.717) is 22.3 Å². The van der Waals surface area contributed by atoms with Crippen LogP contribution >= 0.6 is 0 Å². The van der Waals surface area contributed by atoms with Crippen molar-refractivity contribution in [2.45, 2.75) is 106 Å². The van der Waals surface area contributed by atoms with E-state index in [1.165, 1.54) is 35.4 Å². The Morgan fingerprint density at radius 2 is 0.828 bits per heavy atom. The fourth-order valence-electron chi connectivity index (χ4n) is 8.61. The Kier molecular flexibility index (Phi) is 11.8. The molecule has 2 unspecified atom stereocenters. The Balaban J connectivity index is 1.59. The van der Waals surface area contributed by atoms with E-state index in [1.807, 2.05) is 53.7 Å². The van der Waals surface area contributed by atoms with Gasteiger partial charge in [0, 0.05) is 23.0 Å². The average Bonchev–Trinajstić information content (AvgIpc) is 3.11. The molecule has 0 saturated carbocycles. The summed E-state index contributed by atoms with van der Waals surface area (Å²) in [6, 6.07) is 9.37. The maximum absolute atomic E-state index is 14.5. The third kappa shape index (κ3) is 7.80. The molecule has 0 bridgehead atoms. The smallest absolute Gasteiger partial charge is 0.201 e. The Morgan fingerprint density at radius 1 is 0.483 bits per heavy atom. The number of carbonyl (C=O) groups excluding carboxylic acids is 2. The van der Waals surface area contributed by atoms with Gasteiger partial charge in [0.1, 0.15) is 34.5 Å². The summed E-state index contributed by atoms with van der Waals surface area (Å²) in [7, 11) is 0. The largest absolute Gasteiger partial charge is 0.508 e. The second kappa shape index (κ2) is 16.5. The van der Waals surface area contributed by atoms with E-state index in [9.17, 15) is 40.2 Å². The lowest BCUT2D eigenvalue weighted by Crippen LogP contribution is -2.30. The minimum absolute atomic E-state index is 0.0425. The third-order valence-electron chi connectivity index (χ3n) is 11.5. The molecule has 2 atom stereocenters. The van der Waals surface area contributed by atoms with Crippen molar-refractivity contribution in [2.75, 3.05) is 0 Å². The highest BCUT2D eigenvalue weighted by Gasteiger charge is 2.47. The van der Waals surface area contributed by atoms with Crippen molar-refractivity contribution in [1.82, 2.24) is 0 Å². The van der Waals surface area contributed by atoms with E-state index in [0.717, 1.165) is 36.8 Å². The quantitative estimate of drug-likeness (QED) is 0.0821. The summed E-state index contributed by atoms with van der Waals surface area (Å²) in [5.41, 5.74) is 6.99. The SMILES string of the molecule is CC(C)=CCC/C(C)=C/Cc1c(O)cc2c(c1O)C(=O)c1c(O)cc(C)cc1C2C1c2cc(C)cc(O)c2C(=O)c2c1cc(O)c(C/C=C(\C)CCC=C(C)C)c2O. The Bertz CT molecular complexity index is 2310.